The Balaban J connectivity index is 1.79. The van der Waals surface area contributed by atoms with Crippen LogP contribution in [0.15, 0.2) is 36.4 Å². The van der Waals surface area contributed by atoms with E-state index in [0.717, 1.165) is 50.3 Å². The Morgan fingerprint density at radius 3 is 2.65 bits per heavy atom. The minimum atomic E-state index is -1.12. The molecule has 7 heteroatoms. The van der Waals surface area contributed by atoms with Crippen LogP contribution in [0.3, 0.4) is 0 Å². The molecule has 2 unspecified atom stereocenters. The van der Waals surface area contributed by atoms with Crippen molar-refractivity contribution in [3.05, 3.63) is 58.4 Å². The molecule has 0 saturated heterocycles. The number of aliphatic hydroxyl groups is 2. The Kier molecular flexibility index (Phi) is 6.18. The van der Waals surface area contributed by atoms with Gasteiger partial charge in [-0.3, -0.25) is 4.79 Å². The molecule has 31 heavy (non-hydrogen) atoms. The van der Waals surface area contributed by atoms with Gasteiger partial charge in [-0.2, -0.15) is 0 Å². The monoisotopic (exact) mass is 441 g/mol. The summed E-state index contributed by atoms with van der Waals surface area (Å²) >= 11 is 1.58. The van der Waals surface area contributed by atoms with Crippen LogP contribution < -0.4 is 0 Å². The van der Waals surface area contributed by atoms with Gasteiger partial charge in [0, 0.05) is 12.0 Å². The zero-order valence-electron chi connectivity index (χ0n) is 17.1. The van der Waals surface area contributed by atoms with Crippen LogP contribution in [0.1, 0.15) is 47.7 Å². The molecule has 1 aliphatic carbocycles. The number of carboxylic acids is 1. The van der Waals surface area contributed by atoms with Gasteiger partial charge >= 0.3 is 5.97 Å². The van der Waals surface area contributed by atoms with E-state index < -0.39 is 24.6 Å². The van der Waals surface area contributed by atoms with Crippen LogP contribution in [-0.2, 0) is 4.79 Å². The molecule has 162 valence electrons. The number of benzene rings is 2. The molecule has 0 aliphatic heterocycles. The Morgan fingerprint density at radius 1 is 1.29 bits per heavy atom. The molecule has 3 aromatic rings. The second-order valence-electron chi connectivity index (χ2n) is 8.03. The first-order valence-electron chi connectivity index (χ1n) is 10.3. The fourth-order valence-corrected chi connectivity index (χ4v) is 4.85. The van der Waals surface area contributed by atoms with Gasteiger partial charge in [0.05, 0.1) is 33.9 Å². The molecule has 0 amide bonds. The van der Waals surface area contributed by atoms with Crippen LogP contribution in [0.4, 0.5) is 4.39 Å². The number of aryl methyl sites for hydroxylation is 1. The minimum absolute atomic E-state index is 0.0602. The first-order valence-corrected chi connectivity index (χ1v) is 11.1. The summed E-state index contributed by atoms with van der Waals surface area (Å²) in [5, 5.41) is 29.9. The van der Waals surface area contributed by atoms with Gasteiger partial charge in [0.25, 0.3) is 0 Å². The van der Waals surface area contributed by atoms with Crippen molar-refractivity contribution < 1.29 is 24.5 Å². The number of thiazole rings is 1. The Labute approximate surface area is 183 Å². The molecule has 1 fully saturated rings. The summed E-state index contributed by atoms with van der Waals surface area (Å²) < 4.78 is 14.6. The maximum atomic E-state index is 13.6. The number of rotatable bonds is 8. The Hall–Kier alpha value is -2.61. The molecule has 2 aromatic carbocycles. The van der Waals surface area contributed by atoms with Crippen molar-refractivity contribution in [1.29, 1.82) is 0 Å². The minimum Gasteiger partial charge on any atom is -0.481 e. The van der Waals surface area contributed by atoms with E-state index in [-0.39, 0.29) is 12.2 Å². The predicted molar refractivity (Wildman–Crippen MR) is 120 cm³/mol. The van der Waals surface area contributed by atoms with E-state index >= 15 is 0 Å². The lowest BCUT2D eigenvalue weighted by Crippen LogP contribution is -2.19. The number of aliphatic carboxylic acids is 1. The third-order valence-corrected chi connectivity index (χ3v) is 6.42. The lowest BCUT2D eigenvalue weighted by Gasteiger charge is -2.15. The first kappa shape index (κ1) is 21.6. The molecule has 0 radical (unpaired) electrons. The standard InChI is InChI=1S/C24H24FNO4S/c1-13-26-21-12-20(14-2-3-14)19(9-8-17(27)10-18(28)11-22(29)30)23(24(21)31-13)15-4-6-16(25)7-5-15/h4-9,12,14,17-18,27-28H,2-3,10-11H2,1H3,(H,29,30)/b9-8+. The maximum Gasteiger partial charge on any atom is 0.305 e. The third-order valence-electron chi connectivity index (χ3n) is 5.42. The smallest absolute Gasteiger partial charge is 0.305 e. The van der Waals surface area contributed by atoms with Gasteiger partial charge in [-0.25, -0.2) is 9.37 Å². The molecule has 1 aliphatic rings. The topological polar surface area (TPSA) is 90.7 Å². The van der Waals surface area contributed by atoms with Crippen molar-refractivity contribution in [2.75, 3.05) is 0 Å². The number of hydrogen-bond acceptors (Lipinski definition) is 5. The predicted octanol–water partition coefficient (Wildman–Crippen LogP) is 4.89. The number of fused-ring (bicyclic) bond motifs is 1. The lowest BCUT2D eigenvalue weighted by molar-refractivity contribution is -0.139. The highest BCUT2D eigenvalue weighted by molar-refractivity contribution is 7.19. The van der Waals surface area contributed by atoms with E-state index in [4.69, 9.17) is 5.11 Å². The largest absolute Gasteiger partial charge is 0.481 e. The molecular weight excluding hydrogens is 417 g/mol. The van der Waals surface area contributed by atoms with E-state index in [2.05, 4.69) is 11.1 Å². The molecule has 3 N–H and O–H groups in total. The van der Waals surface area contributed by atoms with Crippen LogP contribution in [0, 0.1) is 12.7 Å². The SMILES string of the molecule is Cc1nc2cc(C3CC3)c(/C=C/C(O)CC(O)CC(=O)O)c(-c3ccc(F)cc3)c2s1. The molecule has 1 aromatic heterocycles. The van der Waals surface area contributed by atoms with E-state index in [1.807, 2.05) is 13.0 Å². The second kappa shape index (κ2) is 8.86. The fourth-order valence-electron chi connectivity index (χ4n) is 3.88. The van der Waals surface area contributed by atoms with Crippen molar-refractivity contribution in [2.45, 2.75) is 50.7 Å². The van der Waals surface area contributed by atoms with E-state index in [1.165, 1.54) is 12.1 Å². The van der Waals surface area contributed by atoms with Gasteiger partial charge in [0.1, 0.15) is 5.82 Å². The summed E-state index contributed by atoms with van der Waals surface area (Å²) in [6.07, 6.45) is 3.03. The van der Waals surface area contributed by atoms with E-state index in [1.54, 1.807) is 29.5 Å². The van der Waals surface area contributed by atoms with E-state index in [9.17, 15) is 19.4 Å². The van der Waals surface area contributed by atoms with Crippen LogP contribution in [0.5, 0.6) is 0 Å². The lowest BCUT2D eigenvalue weighted by atomic mass is 9.91. The summed E-state index contributed by atoms with van der Waals surface area (Å²) in [6.45, 7) is 1.96. The molecule has 0 bridgehead atoms. The zero-order valence-corrected chi connectivity index (χ0v) is 17.9. The number of aromatic nitrogens is 1. The summed E-state index contributed by atoms with van der Waals surface area (Å²) in [5.41, 5.74) is 4.85. The highest BCUT2D eigenvalue weighted by Crippen LogP contribution is 2.47. The molecule has 2 atom stereocenters. The van der Waals surface area contributed by atoms with Crippen LogP contribution >= 0.6 is 11.3 Å². The normalized spacial score (nSPS) is 16.1. The number of carboxylic acid groups (broad SMARTS) is 1. The quantitative estimate of drug-likeness (QED) is 0.463. The average molecular weight is 442 g/mol. The molecule has 4 rings (SSSR count). The maximum absolute atomic E-state index is 13.6. The summed E-state index contributed by atoms with van der Waals surface area (Å²) in [7, 11) is 0. The van der Waals surface area contributed by atoms with Gasteiger partial charge in [0.2, 0.25) is 0 Å². The summed E-state index contributed by atoms with van der Waals surface area (Å²) in [6, 6.07) is 8.47. The summed E-state index contributed by atoms with van der Waals surface area (Å²) in [4.78, 5) is 15.4. The highest BCUT2D eigenvalue weighted by atomic mass is 32.1. The van der Waals surface area contributed by atoms with Crippen LogP contribution in [-0.4, -0.2) is 38.5 Å². The third kappa shape index (κ3) is 5.01. The van der Waals surface area contributed by atoms with Crippen molar-refractivity contribution in [3.8, 4) is 11.1 Å². The number of aliphatic hydroxyl groups excluding tert-OH is 2. The molecular formula is C24H24FNO4S. The first-order chi connectivity index (χ1) is 14.8. The van der Waals surface area contributed by atoms with Crippen molar-refractivity contribution in [2.24, 2.45) is 0 Å². The molecule has 1 saturated carbocycles. The molecule has 1 heterocycles. The molecule has 0 spiro atoms. The van der Waals surface area contributed by atoms with Crippen molar-refractivity contribution in [1.82, 2.24) is 4.98 Å². The number of halogens is 1. The number of nitrogens with zero attached hydrogens (tertiary/aromatic N) is 1. The highest BCUT2D eigenvalue weighted by Gasteiger charge is 2.29. The number of carbonyl (C=O) groups is 1. The van der Waals surface area contributed by atoms with Crippen LogP contribution in [0.25, 0.3) is 27.4 Å². The van der Waals surface area contributed by atoms with E-state index in [0.29, 0.717) is 5.92 Å². The van der Waals surface area contributed by atoms with Gasteiger partial charge < -0.3 is 15.3 Å². The Bertz CT molecular complexity index is 1130. The number of hydrogen-bond donors (Lipinski definition) is 3. The van der Waals surface area contributed by atoms with Gasteiger partial charge in [-0.1, -0.05) is 24.3 Å². The summed E-state index contributed by atoms with van der Waals surface area (Å²) in [5.74, 6) is -0.997. The molecule has 5 nitrogen and oxygen atoms in total. The van der Waals surface area contributed by atoms with Crippen molar-refractivity contribution in [3.63, 3.8) is 0 Å². The van der Waals surface area contributed by atoms with Gasteiger partial charge in [-0.15, -0.1) is 11.3 Å². The average Bonchev–Trinajstić information content (AvgIpc) is 3.46. The van der Waals surface area contributed by atoms with Crippen LogP contribution in [0.2, 0.25) is 0 Å². The van der Waals surface area contributed by atoms with Crippen molar-refractivity contribution >= 4 is 33.6 Å². The fraction of sp³-hybridized carbons (Fsp3) is 0.333. The second-order valence-corrected chi connectivity index (χ2v) is 9.23. The Morgan fingerprint density at radius 2 is 2.00 bits per heavy atom. The van der Waals surface area contributed by atoms with Gasteiger partial charge in [0.15, 0.2) is 0 Å². The van der Waals surface area contributed by atoms with Gasteiger partial charge in [-0.05, 0) is 60.6 Å². The zero-order chi connectivity index (χ0) is 22.1.